The van der Waals surface area contributed by atoms with E-state index in [1.165, 1.54) is 0 Å². The van der Waals surface area contributed by atoms with Crippen LogP contribution in [0.15, 0.2) is 84.9 Å². The Bertz CT molecular complexity index is 1130. The number of carbonyl (C=O) groups excluding carboxylic acids is 2. The van der Waals surface area contributed by atoms with E-state index in [2.05, 4.69) is 0 Å². The number of amides is 2. The monoisotopic (exact) mass is 440 g/mol. The minimum absolute atomic E-state index is 0.0132. The Morgan fingerprint density at radius 2 is 1.52 bits per heavy atom. The summed E-state index contributed by atoms with van der Waals surface area (Å²) in [6, 6.07) is 27.6. The van der Waals surface area contributed by atoms with Crippen molar-refractivity contribution < 1.29 is 14.3 Å². The van der Waals surface area contributed by atoms with Gasteiger partial charge in [0.1, 0.15) is 6.61 Å². The van der Waals surface area contributed by atoms with Crippen LogP contribution in [0.3, 0.4) is 0 Å². The first-order chi connectivity index (χ1) is 16.2. The van der Waals surface area contributed by atoms with Gasteiger partial charge in [-0.3, -0.25) is 9.59 Å². The van der Waals surface area contributed by atoms with E-state index >= 15 is 0 Å². The summed E-state index contributed by atoms with van der Waals surface area (Å²) in [4.78, 5) is 29.9. The zero-order chi connectivity index (χ0) is 22.7. The van der Waals surface area contributed by atoms with Crippen LogP contribution in [0.5, 0.6) is 0 Å². The predicted octanol–water partition coefficient (Wildman–Crippen LogP) is 4.78. The van der Waals surface area contributed by atoms with E-state index < -0.39 is 5.60 Å². The molecule has 0 radical (unpaired) electrons. The molecule has 5 heteroatoms. The summed E-state index contributed by atoms with van der Waals surface area (Å²) in [6.45, 7) is 1.91. The second-order valence-corrected chi connectivity index (χ2v) is 8.84. The van der Waals surface area contributed by atoms with Crippen LogP contribution >= 0.6 is 0 Å². The molecule has 5 rings (SSSR count). The number of para-hydroxylation sites is 1. The molecule has 2 fully saturated rings. The second kappa shape index (κ2) is 9.20. The molecular formula is C28H28N2O3. The van der Waals surface area contributed by atoms with Gasteiger partial charge in [-0.15, -0.1) is 0 Å². The van der Waals surface area contributed by atoms with Gasteiger partial charge >= 0.3 is 0 Å². The molecule has 0 N–H and O–H groups in total. The highest BCUT2D eigenvalue weighted by molar-refractivity contribution is 6.01. The third kappa shape index (κ3) is 4.41. The van der Waals surface area contributed by atoms with E-state index in [0.29, 0.717) is 26.1 Å². The number of ether oxygens (including phenoxy) is 1. The number of rotatable bonds is 3. The van der Waals surface area contributed by atoms with E-state index in [1.54, 1.807) is 0 Å². The standard InChI is InChI=1S/C28H28N2O3/c31-26-20-33-28(21-30(26)23-12-5-2-6-13-23)16-9-18-29(19-17-28)27(32)25-15-8-7-14-24(25)22-10-3-1-4-11-22/h1-8,10-15H,9,16-21H2/t28-/m0/s1. The van der Waals surface area contributed by atoms with Crippen LogP contribution in [-0.2, 0) is 9.53 Å². The van der Waals surface area contributed by atoms with Gasteiger partial charge in [-0.2, -0.15) is 0 Å². The molecule has 3 aromatic carbocycles. The highest BCUT2D eigenvalue weighted by atomic mass is 16.5. The van der Waals surface area contributed by atoms with E-state index in [0.717, 1.165) is 35.2 Å². The Balaban J connectivity index is 1.34. The quantitative estimate of drug-likeness (QED) is 0.589. The molecule has 2 saturated heterocycles. The van der Waals surface area contributed by atoms with Gasteiger partial charge in [0.05, 0.1) is 12.1 Å². The largest absolute Gasteiger partial charge is 0.363 e. The van der Waals surface area contributed by atoms with Gasteiger partial charge in [0, 0.05) is 24.3 Å². The van der Waals surface area contributed by atoms with Gasteiger partial charge in [-0.1, -0.05) is 66.7 Å². The van der Waals surface area contributed by atoms with Gasteiger partial charge in [-0.05, 0) is 48.6 Å². The van der Waals surface area contributed by atoms with Crippen molar-refractivity contribution in [3.05, 3.63) is 90.5 Å². The molecule has 2 aliphatic heterocycles. The third-order valence-electron chi connectivity index (χ3n) is 6.74. The molecule has 168 valence electrons. The van der Waals surface area contributed by atoms with Gasteiger partial charge in [-0.25, -0.2) is 0 Å². The predicted molar refractivity (Wildman–Crippen MR) is 129 cm³/mol. The highest BCUT2D eigenvalue weighted by Gasteiger charge is 2.42. The van der Waals surface area contributed by atoms with Gasteiger partial charge < -0.3 is 14.5 Å². The van der Waals surface area contributed by atoms with Crippen LogP contribution in [0.25, 0.3) is 11.1 Å². The van der Waals surface area contributed by atoms with Crippen molar-refractivity contribution in [2.45, 2.75) is 24.9 Å². The zero-order valence-electron chi connectivity index (χ0n) is 18.7. The molecule has 0 bridgehead atoms. The molecule has 5 nitrogen and oxygen atoms in total. The van der Waals surface area contributed by atoms with E-state index in [4.69, 9.17) is 4.74 Å². The lowest BCUT2D eigenvalue weighted by atomic mass is 9.92. The van der Waals surface area contributed by atoms with Gasteiger partial charge in [0.2, 0.25) is 0 Å². The summed E-state index contributed by atoms with van der Waals surface area (Å²) in [5, 5.41) is 0. The summed E-state index contributed by atoms with van der Waals surface area (Å²) in [5.41, 5.74) is 3.21. The summed E-state index contributed by atoms with van der Waals surface area (Å²) in [6.07, 6.45) is 2.38. The normalized spacial score (nSPS) is 21.2. The minimum atomic E-state index is -0.419. The Morgan fingerprint density at radius 1 is 0.818 bits per heavy atom. The van der Waals surface area contributed by atoms with Crippen molar-refractivity contribution in [3.8, 4) is 11.1 Å². The third-order valence-corrected chi connectivity index (χ3v) is 6.74. The average Bonchev–Trinajstić information content (AvgIpc) is 3.09. The first-order valence-corrected chi connectivity index (χ1v) is 11.6. The molecular weight excluding hydrogens is 412 g/mol. The van der Waals surface area contributed by atoms with Gasteiger partial charge in [0.15, 0.2) is 0 Å². The van der Waals surface area contributed by atoms with Crippen LogP contribution in [0, 0.1) is 0 Å². The van der Waals surface area contributed by atoms with Crippen LogP contribution in [0.1, 0.15) is 29.6 Å². The smallest absolute Gasteiger partial charge is 0.254 e. The maximum Gasteiger partial charge on any atom is 0.254 e. The Kier molecular flexibility index (Phi) is 5.97. The highest BCUT2D eigenvalue weighted by Crippen LogP contribution is 2.34. The maximum atomic E-state index is 13.6. The van der Waals surface area contributed by atoms with Crippen molar-refractivity contribution in [1.82, 2.24) is 4.90 Å². The number of anilines is 1. The molecule has 0 aliphatic carbocycles. The fraction of sp³-hybridized carbons (Fsp3) is 0.286. The fourth-order valence-corrected chi connectivity index (χ4v) is 4.94. The van der Waals surface area contributed by atoms with Crippen LogP contribution in [0.4, 0.5) is 5.69 Å². The molecule has 1 spiro atoms. The summed E-state index contributed by atoms with van der Waals surface area (Å²) in [5.74, 6) is 0.0408. The molecule has 3 aromatic rings. The fourth-order valence-electron chi connectivity index (χ4n) is 4.94. The number of hydrogen-bond donors (Lipinski definition) is 0. The number of benzene rings is 3. The first-order valence-electron chi connectivity index (χ1n) is 11.6. The van der Waals surface area contributed by atoms with Crippen molar-refractivity contribution in [2.24, 2.45) is 0 Å². The summed E-state index contributed by atoms with van der Waals surface area (Å²) >= 11 is 0. The lowest BCUT2D eigenvalue weighted by Crippen LogP contribution is -2.55. The van der Waals surface area contributed by atoms with E-state index in [1.807, 2.05) is 94.7 Å². The molecule has 0 aromatic heterocycles. The van der Waals surface area contributed by atoms with Crippen LogP contribution in [0.2, 0.25) is 0 Å². The van der Waals surface area contributed by atoms with E-state index in [9.17, 15) is 9.59 Å². The van der Waals surface area contributed by atoms with Crippen LogP contribution < -0.4 is 4.90 Å². The van der Waals surface area contributed by atoms with Crippen molar-refractivity contribution >= 4 is 17.5 Å². The number of likely N-dealkylation sites (tertiary alicyclic amines) is 1. The molecule has 0 saturated carbocycles. The average molecular weight is 441 g/mol. The lowest BCUT2D eigenvalue weighted by molar-refractivity contribution is -0.140. The molecule has 2 heterocycles. The van der Waals surface area contributed by atoms with Crippen molar-refractivity contribution in [2.75, 3.05) is 31.1 Å². The Labute approximate surface area is 194 Å². The number of nitrogens with zero attached hydrogens (tertiary/aromatic N) is 2. The summed E-state index contributed by atoms with van der Waals surface area (Å²) < 4.78 is 6.15. The maximum absolute atomic E-state index is 13.6. The molecule has 33 heavy (non-hydrogen) atoms. The number of hydrogen-bond acceptors (Lipinski definition) is 3. The zero-order valence-corrected chi connectivity index (χ0v) is 18.7. The lowest BCUT2D eigenvalue weighted by Gasteiger charge is -2.42. The van der Waals surface area contributed by atoms with Crippen LogP contribution in [-0.4, -0.2) is 48.6 Å². The summed E-state index contributed by atoms with van der Waals surface area (Å²) in [7, 11) is 0. The molecule has 2 aliphatic rings. The first kappa shape index (κ1) is 21.4. The number of morpholine rings is 1. The Morgan fingerprint density at radius 3 is 2.30 bits per heavy atom. The Hall–Kier alpha value is -3.44. The van der Waals surface area contributed by atoms with Gasteiger partial charge in [0.25, 0.3) is 11.8 Å². The molecule has 0 unspecified atom stereocenters. The van der Waals surface area contributed by atoms with E-state index in [-0.39, 0.29) is 18.4 Å². The SMILES string of the molecule is O=C(c1ccccc1-c1ccccc1)N1CCC[C@]2(CC1)CN(c1ccccc1)C(=O)CO2. The van der Waals surface area contributed by atoms with Crippen molar-refractivity contribution in [1.29, 1.82) is 0 Å². The molecule has 1 atom stereocenters. The minimum Gasteiger partial charge on any atom is -0.363 e. The van der Waals surface area contributed by atoms with Crippen molar-refractivity contribution in [3.63, 3.8) is 0 Å². The topological polar surface area (TPSA) is 49.9 Å². The second-order valence-electron chi connectivity index (χ2n) is 8.84. The number of carbonyl (C=O) groups is 2. The molecule has 2 amide bonds.